The second kappa shape index (κ2) is 8.56. The van der Waals surface area contributed by atoms with Gasteiger partial charge in [-0.3, -0.25) is 4.79 Å². The Bertz CT molecular complexity index is 1220. The molecule has 152 valence electrons. The summed E-state index contributed by atoms with van der Waals surface area (Å²) in [6, 6.07) is 16.2. The fraction of sp³-hybridized carbons (Fsp3) is 0.0909. The predicted molar refractivity (Wildman–Crippen MR) is 125 cm³/mol. The van der Waals surface area contributed by atoms with Crippen LogP contribution in [0.5, 0.6) is 0 Å². The number of H-pyrrole nitrogens is 1. The highest BCUT2D eigenvalue weighted by molar-refractivity contribution is 6.39. The maximum absolute atomic E-state index is 12.7. The number of rotatable bonds is 5. The average molecular weight is 460 g/mol. The molecule has 4 aromatic rings. The Morgan fingerprint density at radius 3 is 2.37 bits per heavy atom. The second-order valence-electron chi connectivity index (χ2n) is 6.66. The van der Waals surface area contributed by atoms with E-state index in [0.717, 1.165) is 6.42 Å². The minimum Gasteiger partial charge on any atom is -0.324 e. The quantitative estimate of drug-likeness (QED) is 0.298. The van der Waals surface area contributed by atoms with Crippen LogP contribution in [0.25, 0.3) is 11.0 Å². The number of nitrogens with zero attached hydrogens (tertiary/aromatic N) is 1. The SMILES string of the molecule is CCc1ccc(NC(=O)c2cc3nc(Nc4c(Cl)cccc4Cl)[nH]c3cc2Cl)cc1. The summed E-state index contributed by atoms with van der Waals surface area (Å²) in [4.78, 5) is 20.3. The summed E-state index contributed by atoms with van der Waals surface area (Å²) in [5, 5.41) is 7.19. The Labute approximate surface area is 188 Å². The van der Waals surface area contributed by atoms with Crippen molar-refractivity contribution in [2.45, 2.75) is 13.3 Å². The van der Waals surface area contributed by atoms with Crippen molar-refractivity contribution in [3.05, 3.63) is 80.8 Å². The highest BCUT2D eigenvalue weighted by atomic mass is 35.5. The lowest BCUT2D eigenvalue weighted by Gasteiger charge is -2.07. The molecule has 1 amide bonds. The average Bonchev–Trinajstić information content (AvgIpc) is 3.12. The van der Waals surface area contributed by atoms with Crippen molar-refractivity contribution in [2.75, 3.05) is 10.6 Å². The van der Waals surface area contributed by atoms with Gasteiger partial charge in [-0.15, -0.1) is 0 Å². The number of fused-ring (bicyclic) bond motifs is 1. The molecule has 3 N–H and O–H groups in total. The smallest absolute Gasteiger partial charge is 0.257 e. The van der Waals surface area contributed by atoms with Crippen LogP contribution in [0.3, 0.4) is 0 Å². The van der Waals surface area contributed by atoms with Crippen molar-refractivity contribution in [3.8, 4) is 0 Å². The van der Waals surface area contributed by atoms with Gasteiger partial charge in [0.15, 0.2) is 0 Å². The van der Waals surface area contributed by atoms with Crippen LogP contribution in [0.1, 0.15) is 22.8 Å². The number of aromatic nitrogens is 2. The molecule has 30 heavy (non-hydrogen) atoms. The molecule has 0 aliphatic carbocycles. The zero-order chi connectivity index (χ0) is 21.3. The van der Waals surface area contributed by atoms with Crippen LogP contribution in [0.4, 0.5) is 17.3 Å². The lowest BCUT2D eigenvalue weighted by molar-refractivity contribution is 0.102. The van der Waals surface area contributed by atoms with Gasteiger partial charge in [-0.05, 0) is 48.4 Å². The molecule has 0 saturated carbocycles. The van der Waals surface area contributed by atoms with Crippen molar-refractivity contribution in [3.63, 3.8) is 0 Å². The highest BCUT2D eigenvalue weighted by Crippen LogP contribution is 2.33. The summed E-state index contributed by atoms with van der Waals surface area (Å²) >= 11 is 18.8. The van der Waals surface area contributed by atoms with Gasteiger partial charge in [0.1, 0.15) is 0 Å². The van der Waals surface area contributed by atoms with Gasteiger partial charge in [0.05, 0.1) is 37.4 Å². The largest absolute Gasteiger partial charge is 0.324 e. The molecule has 1 aromatic heterocycles. The summed E-state index contributed by atoms with van der Waals surface area (Å²) in [6.07, 6.45) is 0.936. The zero-order valence-electron chi connectivity index (χ0n) is 15.9. The molecule has 0 bridgehead atoms. The van der Waals surface area contributed by atoms with Gasteiger partial charge in [0.25, 0.3) is 5.91 Å². The van der Waals surface area contributed by atoms with E-state index in [9.17, 15) is 4.79 Å². The fourth-order valence-electron chi connectivity index (χ4n) is 3.02. The number of carbonyl (C=O) groups is 1. The van der Waals surface area contributed by atoms with E-state index in [1.54, 1.807) is 30.3 Å². The van der Waals surface area contributed by atoms with Crippen LogP contribution in [0.15, 0.2) is 54.6 Å². The second-order valence-corrected chi connectivity index (χ2v) is 7.88. The molecule has 0 aliphatic rings. The molecule has 0 atom stereocenters. The first-order valence-corrected chi connectivity index (χ1v) is 10.4. The third kappa shape index (κ3) is 4.24. The number of aryl methyl sites for hydroxylation is 1. The first kappa shape index (κ1) is 20.5. The van der Waals surface area contributed by atoms with Gasteiger partial charge in [-0.1, -0.05) is 59.9 Å². The molecule has 0 radical (unpaired) electrons. The van der Waals surface area contributed by atoms with E-state index in [4.69, 9.17) is 34.8 Å². The fourth-order valence-corrected chi connectivity index (χ4v) is 3.76. The Balaban J connectivity index is 1.60. The number of benzene rings is 3. The Morgan fingerprint density at radius 1 is 1.00 bits per heavy atom. The van der Waals surface area contributed by atoms with Crippen LogP contribution < -0.4 is 10.6 Å². The number of nitrogens with one attached hydrogen (secondary N) is 3. The van der Waals surface area contributed by atoms with E-state index in [1.165, 1.54) is 5.56 Å². The van der Waals surface area contributed by atoms with Crippen molar-refractivity contribution >= 4 is 69.1 Å². The molecular formula is C22H17Cl3N4O. The molecule has 1 heterocycles. The van der Waals surface area contributed by atoms with Crippen LogP contribution in [0, 0.1) is 0 Å². The molecule has 0 aliphatic heterocycles. The molecular weight excluding hydrogens is 443 g/mol. The topological polar surface area (TPSA) is 69.8 Å². The van der Waals surface area contributed by atoms with E-state index in [-0.39, 0.29) is 5.91 Å². The first-order valence-electron chi connectivity index (χ1n) is 9.25. The molecule has 0 unspecified atom stereocenters. The van der Waals surface area contributed by atoms with Crippen molar-refractivity contribution in [2.24, 2.45) is 0 Å². The highest BCUT2D eigenvalue weighted by Gasteiger charge is 2.15. The van der Waals surface area contributed by atoms with Crippen molar-refractivity contribution in [1.29, 1.82) is 0 Å². The number of anilines is 3. The van der Waals surface area contributed by atoms with Crippen LogP contribution in [0.2, 0.25) is 15.1 Å². The third-order valence-electron chi connectivity index (χ3n) is 4.64. The summed E-state index contributed by atoms with van der Waals surface area (Å²) in [6.45, 7) is 2.08. The Hall–Kier alpha value is -2.73. The Kier molecular flexibility index (Phi) is 5.86. The van der Waals surface area contributed by atoms with Gasteiger partial charge >= 0.3 is 0 Å². The number of imidazole rings is 1. The molecule has 4 rings (SSSR count). The van der Waals surface area contributed by atoms with Crippen LogP contribution in [-0.4, -0.2) is 15.9 Å². The normalized spacial score (nSPS) is 10.9. The van der Waals surface area contributed by atoms with Gasteiger partial charge in [-0.2, -0.15) is 0 Å². The molecule has 3 aromatic carbocycles. The van der Waals surface area contributed by atoms with Crippen molar-refractivity contribution in [1.82, 2.24) is 9.97 Å². The Morgan fingerprint density at radius 2 is 1.70 bits per heavy atom. The number of hydrogen-bond acceptors (Lipinski definition) is 3. The third-order valence-corrected chi connectivity index (χ3v) is 5.58. The summed E-state index contributed by atoms with van der Waals surface area (Å²) in [5.74, 6) is 0.126. The minimum absolute atomic E-state index is 0.308. The van der Waals surface area contributed by atoms with E-state index in [1.807, 2.05) is 24.3 Å². The van der Waals surface area contributed by atoms with Crippen LogP contribution >= 0.6 is 34.8 Å². The number of para-hydroxylation sites is 1. The lowest BCUT2D eigenvalue weighted by atomic mass is 10.1. The lowest BCUT2D eigenvalue weighted by Crippen LogP contribution is -2.12. The molecule has 5 nitrogen and oxygen atoms in total. The molecule has 0 spiro atoms. The molecule has 0 fully saturated rings. The summed E-state index contributed by atoms with van der Waals surface area (Å²) in [7, 11) is 0. The van der Waals surface area contributed by atoms with Gasteiger partial charge in [0, 0.05) is 5.69 Å². The summed E-state index contributed by atoms with van der Waals surface area (Å²) < 4.78 is 0. The van der Waals surface area contributed by atoms with Gasteiger partial charge < -0.3 is 15.6 Å². The van der Waals surface area contributed by atoms with E-state index < -0.39 is 0 Å². The van der Waals surface area contributed by atoms with Crippen molar-refractivity contribution < 1.29 is 4.79 Å². The monoisotopic (exact) mass is 458 g/mol. The first-order chi connectivity index (χ1) is 14.4. The number of carbonyl (C=O) groups excluding carboxylic acids is 1. The number of hydrogen-bond donors (Lipinski definition) is 3. The molecule has 8 heteroatoms. The van der Waals surface area contributed by atoms with E-state index in [2.05, 4.69) is 27.5 Å². The maximum Gasteiger partial charge on any atom is 0.257 e. The van der Waals surface area contributed by atoms with E-state index in [0.29, 0.717) is 49.0 Å². The minimum atomic E-state index is -0.308. The van der Waals surface area contributed by atoms with Crippen LogP contribution in [-0.2, 0) is 6.42 Å². The van der Waals surface area contributed by atoms with Gasteiger partial charge in [0.2, 0.25) is 5.95 Å². The number of halogens is 3. The number of aromatic amines is 1. The zero-order valence-corrected chi connectivity index (χ0v) is 18.2. The van der Waals surface area contributed by atoms with Gasteiger partial charge in [-0.25, -0.2) is 4.98 Å². The summed E-state index contributed by atoms with van der Waals surface area (Å²) in [5.41, 5.74) is 4.02. The van der Waals surface area contributed by atoms with E-state index >= 15 is 0 Å². The standard InChI is InChI=1S/C22H17Cl3N4O/c1-2-12-6-8-13(9-7-12)26-21(30)14-10-18-19(11-17(14)25)28-22(27-18)29-20-15(23)4-3-5-16(20)24/h3-11H,2H2,1H3,(H,26,30)(H2,27,28,29). The molecule has 0 saturated heterocycles. The predicted octanol–water partition coefficient (Wildman–Crippen LogP) is 7.08. The maximum atomic E-state index is 12.7. The number of amides is 1.